The fraction of sp³-hybridized carbons (Fsp3) is 0.824. The zero-order chi connectivity index (χ0) is 19.7. The molecule has 10 nitrogen and oxygen atoms in total. The molecule has 0 aromatic rings. The monoisotopic (exact) mass is 390 g/mol. The second-order valence-electron chi connectivity index (χ2n) is 7.19. The topological polar surface area (TPSA) is 155 Å². The Morgan fingerprint density at radius 1 is 1.15 bits per heavy atom. The van der Waals surface area contributed by atoms with Crippen LogP contribution in [-0.4, -0.2) is 87.8 Å². The van der Waals surface area contributed by atoms with Gasteiger partial charge < -0.3 is 44.5 Å². The summed E-state index contributed by atoms with van der Waals surface area (Å²) in [7, 11) is 0. The Balaban J connectivity index is 1.73. The second kappa shape index (κ2) is 8.39. The van der Waals surface area contributed by atoms with Gasteiger partial charge in [0.15, 0.2) is 6.29 Å². The van der Waals surface area contributed by atoms with Crippen LogP contribution in [0.4, 0.5) is 0 Å². The Labute approximate surface area is 155 Å². The average Bonchev–Trinajstić information content (AvgIpc) is 2.97. The van der Waals surface area contributed by atoms with E-state index in [0.29, 0.717) is 6.42 Å². The molecule has 27 heavy (non-hydrogen) atoms. The zero-order valence-corrected chi connectivity index (χ0v) is 14.8. The van der Waals surface area contributed by atoms with Crippen LogP contribution in [0.25, 0.3) is 0 Å². The van der Waals surface area contributed by atoms with Crippen LogP contribution < -0.4 is 0 Å². The summed E-state index contributed by atoms with van der Waals surface area (Å²) in [6.45, 7) is 0.803. The van der Waals surface area contributed by atoms with E-state index in [9.17, 15) is 30.3 Å². The molecule has 10 atom stereocenters. The van der Waals surface area contributed by atoms with Crippen molar-refractivity contribution in [2.45, 2.75) is 56.4 Å². The van der Waals surface area contributed by atoms with Crippen molar-refractivity contribution in [3.05, 3.63) is 12.3 Å². The molecule has 5 unspecified atom stereocenters. The normalized spacial score (nSPS) is 46.6. The van der Waals surface area contributed by atoms with Crippen molar-refractivity contribution >= 4 is 5.97 Å². The van der Waals surface area contributed by atoms with Crippen LogP contribution in [-0.2, 0) is 23.7 Å². The van der Waals surface area contributed by atoms with Crippen LogP contribution in [0.3, 0.4) is 0 Å². The van der Waals surface area contributed by atoms with Crippen LogP contribution in [0, 0.1) is 17.8 Å². The molecule has 0 amide bonds. The average molecular weight is 390 g/mol. The van der Waals surface area contributed by atoms with E-state index in [1.807, 2.05) is 0 Å². The van der Waals surface area contributed by atoms with E-state index in [2.05, 4.69) is 0 Å². The van der Waals surface area contributed by atoms with Gasteiger partial charge in [0.05, 0.1) is 25.6 Å². The minimum absolute atomic E-state index is 0.0826. The molecule has 1 saturated heterocycles. The lowest BCUT2D eigenvalue weighted by molar-refractivity contribution is -0.342. The Bertz CT molecular complexity index is 552. The molecule has 1 aliphatic carbocycles. The molecule has 154 valence electrons. The lowest BCUT2D eigenvalue weighted by atomic mass is 9.87. The van der Waals surface area contributed by atoms with E-state index in [4.69, 9.17) is 18.9 Å². The Kier molecular flexibility index (Phi) is 6.36. The van der Waals surface area contributed by atoms with Gasteiger partial charge in [-0.3, -0.25) is 4.79 Å². The summed E-state index contributed by atoms with van der Waals surface area (Å²) in [6, 6.07) is 0. The van der Waals surface area contributed by atoms with Gasteiger partial charge in [-0.1, -0.05) is 0 Å². The van der Waals surface area contributed by atoms with E-state index in [0.717, 1.165) is 0 Å². The van der Waals surface area contributed by atoms with Gasteiger partial charge in [0.2, 0.25) is 6.29 Å². The van der Waals surface area contributed by atoms with Crippen molar-refractivity contribution in [2.24, 2.45) is 17.8 Å². The summed E-state index contributed by atoms with van der Waals surface area (Å²) < 4.78 is 21.7. The van der Waals surface area contributed by atoms with Crippen molar-refractivity contribution in [2.75, 3.05) is 13.2 Å². The lowest BCUT2D eigenvalue weighted by Gasteiger charge is -2.42. The number of esters is 1. The number of fused-ring (bicyclic) bond motifs is 1. The number of aliphatic hydroxyl groups excluding tert-OH is 5. The number of carbonyl (C=O) groups is 1. The van der Waals surface area contributed by atoms with E-state index in [1.165, 1.54) is 13.2 Å². The third kappa shape index (κ3) is 4.11. The van der Waals surface area contributed by atoms with Crippen LogP contribution in [0.5, 0.6) is 0 Å². The fourth-order valence-corrected chi connectivity index (χ4v) is 4.00. The molecule has 3 aliphatic rings. The molecular weight excluding hydrogens is 364 g/mol. The number of aliphatic hydroxyl groups is 5. The molecule has 0 spiro atoms. The van der Waals surface area contributed by atoms with Gasteiger partial charge in [-0.05, 0) is 12.5 Å². The first kappa shape index (κ1) is 20.5. The number of ether oxygens (including phenoxy) is 4. The highest BCUT2D eigenvalue weighted by Gasteiger charge is 2.51. The molecule has 1 saturated carbocycles. The standard InChI is InChI=1S/C17H26O10/c1-7(19)25-6-8-4-10(20)9-2-3-24-16(12(8)9)27-17-15(23)14(22)13(21)11(5-18)26-17/h2-3,8-18,20-23H,4-6H2,1H3/t8?,9?,10?,11-,12?,13-,14-,15-,16?,17+/m1/s1. The summed E-state index contributed by atoms with van der Waals surface area (Å²) in [4.78, 5) is 11.1. The van der Waals surface area contributed by atoms with Crippen LogP contribution in [0.1, 0.15) is 13.3 Å². The maximum atomic E-state index is 11.1. The van der Waals surface area contributed by atoms with Crippen molar-refractivity contribution in [3.8, 4) is 0 Å². The zero-order valence-electron chi connectivity index (χ0n) is 14.8. The summed E-state index contributed by atoms with van der Waals surface area (Å²) in [5.74, 6) is -1.36. The Morgan fingerprint density at radius 2 is 1.89 bits per heavy atom. The first-order chi connectivity index (χ1) is 12.8. The van der Waals surface area contributed by atoms with Gasteiger partial charge in [0, 0.05) is 24.7 Å². The number of hydrogen-bond donors (Lipinski definition) is 5. The SMILES string of the molecule is CC(=O)OCC1CC(O)C2C=COC(O[C@@H]3O[C@H](CO)[C@@H](O)[C@@H](O)[C@H]3O)C12. The smallest absolute Gasteiger partial charge is 0.302 e. The van der Waals surface area contributed by atoms with Crippen LogP contribution in [0.15, 0.2) is 12.3 Å². The van der Waals surface area contributed by atoms with Gasteiger partial charge in [-0.25, -0.2) is 0 Å². The van der Waals surface area contributed by atoms with Gasteiger partial charge in [0.1, 0.15) is 24.4 Å². The molecule has 0 aromatic heterocycles. The summed E-state index contributed by atoms with van der Waals surface area (Å²) in [5, 5.41) is 49.5. The molecule has 0 aromatic carbocycles. The van der Waals surface area contributed by atoms with Gasteiger partial charge in [-0.2, -0.15) is 0 Å². The lowest BCUT2D eigenvalue weighted by Crippen LogP contribution is -2.60. The molecule has 5 N–H and O–H groups in total. The molecule has 2 fully saturated rings. The summed E-state index contributed by atoms with van der Waals surface area (Å²) in [5.41, 5.74) is 0. The fourth-order valence-electron chi connectivity index (χ4n) is 4.00. The molecule has 2 aliphatic heterocycles. The predicted molar refractivity (Wildman–Crippen MR) is 86.6 cm³/mol. The van der Waals surface area contributed by atoms with Gasteiger partial charge >= 0.3 is 5.97 Å². The second-order valence-corrected chi connectivity index (χ2v) is 7.19. The first-order valence-corrected chi connectivity index (χ1v) is 8.93. The quantitative estimate of drug-likeness (QED) is 0.328. The molecule has 2 heterocycles. The van der Waals surface area contributed by atoms with E-state index in [-0.39, 0.29) is 24.4 Å². The van der Waals surface area contributed by atoms with Gasteiger partial charge in [0.25, 0.3) is 0 Å². The minimum Gasteiger partial charge on any atom is -0.472 e. The number of rotatable bonds is 5. The third-order valence-corrected chi connectivity index (χ3v) is 5.42. The highest BCUT2D eigenvalue weighted by molar-refractivity contribution is 5.65. The predicted octanol–water partition coefficient (Wildman–Crippen LogP) is -2.15. The van der Waals surface area contributed by atoms with E-state index < -0.39 is 55.7 Å². The Hall–Kier alpha value is -1.27. The van der Waals surface area contributed by atoms with E-state index in [1.54, 1.807) is 6.08 Å². The molecule has 0 bridgehead atoms. The van der Waals surface area contributed by atoms with Crippen LogP contribution >= 0.6 is 0 Å². The van der Waals surface area contributed by atoms with Crippen molar-refractivity contribution in [3.63, 3.8) is 0 Å². The maximum absolute atomic E-state index is 11.1. The number of carbonyl (C=O) groups excluding carboxylic acids is 1. The Morgan fingerprint density at radius 3 is 2.56 bits per heavy atom. The minimum atomic E-state index is -1.57. The highest BCUT2D eigenvalue weighted by Crippen LogP contribution is 2.44. The number of hydrogen-bond acceptors (Lipinski definition) is 10. The maximum Gasteiger partial charge on any atom is 0.302 e. The first-order valence-electron chi connectivity index (χ1n) is 8.93. The highest BCUT2D eigenvalue weighted by atomic mass is 16.8. The largest absolute Gasteiger partial charge is 0.472 e. The molecule has 10 heteroatoms. The van der Waals surface area contributed by atoms with Crippen molar-refractivity contribution < 1.29 is 49.3 Å². The molecular formula is C17H26O10. The summed E-state index contributed by atoms with van der Waals surface area (Å²) >= 11 is 0. The van der Waals surface area contributed by atoms with Crippen molar-refractivity contribution in [1.82, 2.24) is 0 Å². The van der Waals surface area contributed by atoms with Gasteiger partial charge in [-0.15, -0.1) is 0 Å². The summed E-state index contributed by atoms with van der Waals surface area (Å²) in [6.07, 6.45) is -5.23. The third-order valence-electron chi connectivity index (χ3n) is 5.42. The van der Waals surface area contributed by atoms with E-state index >= 15 is 0 Å². The molecule has 0 radical (unpaired) electrons. The van der Waals surface area contributed by atoms with Crippen molar-refractivity contribution in [1.29, 1.82) is 0 Å². The molecule has 3 rings (SSSR count). The van der Waals surface area contributed by atoms with Crippen LogP contribution in [0.2, 0.25) is 0 Å².